The minimum Gasteiger partial charge on any atom is -0.462 e. The minimum atomic E-state index is -0.784. The Hall–Kier alpha value is -2.63. The van der Waals surface area contributed by atoms with Crippen molar-refractivity contribution in [1.29, 1.82) is 0 Å². The zero-order valence-corrected chi connectivity index (χ0v) is 37.6. The normalized spacial score (nSPS) is 12.4. The number of carbonyl (C=O) groups is 3. The van der Waals surface area contributed by atoms with Crippen LogP contribution in [0.3, 0.4) is 0 Å². The zero-order chi connectivity index (χ0) is 41.5. The number of rotatable bonds is 43. The van der Waals surface area contributed by atoms with Crippen molar-refractivity contribution in [2.45, 2.75) is 245 Å². The number of hydrogen-bond acceptors (Lipinski definition) is 6. The molecule has 0 aliphatic carbocycles. The minimum absolute atomic E-state index is 0.0857. The Kier molecular flexibility index (Phi) is 43.9. The summed E-state index contributed by atoms with van der Waals surface area (Å²) in [6, 6.07) is 0. The molecule has 0 fully saturated rings. The average Bonchev–Trinajstić information content (AvgIpc) is 3.21. The fourth-order valence-electron chi connectivity index (χ4n) is 6.63. The summed E-state index contributed by atoms with van der Waals surface area (Å²) in [5.74, 6) is -0.918. The van der Waals surface area contributed by atoms with Crippen molar-refractivity contribution in [2.75, 3.05) is 13.2 Å². The van der Waals surface area contributed by atoms with Gasteiger partial charge in [-0.2, -0.15) is 0 Å². The van der Waals surface area contributed by atoms with Gasteiger partial charge in [0.15, 0.2) is 6.10 Å². The highest BCUT2D eigenvalue weighted by molar-refractivity contribution is 5.71. The second-order valence-electron chi connectivity index (χ2n) is 16.0. The molecule has 330 valence electrons. The predicted octanol–water partition coefficient (Wildman–Crippen LogP) is 15.5. The van der Waals surface area contributed by atoms with Gasteiger partial charge in [-0.25, -0.2) is 0 Å². The van der Waals surface area contributed by atoms with Crippen molar-refractivity contribution in [3.05, 3.63) is 48.6 Å². The lowest BCUT2D eigenvalue weighted by Crippen LogP contribution is -2.30. The number of carbonyl (C=O) groups excluding carboxylic acids is 3. The van der Waals surface area contributed by atoms with E-state index in [1.807, 2.05) is 0 Å². The van der Waals surface area contributed by atoms with E-state index in [0.717, 1.165) is 96.3 Å². The van der Waals surface area contributed by atoms with Gasteiger partial charge in [-0.1, -0.05) is 179 Å². The molecule has 0 aromatic rings. The van der Waals surface area contributed by atoms with Gasteiger partial charge in [-0.15, -0.1) is 0 Å². The molecule has 0 saturated heterocycles. The molecule has 0 spiro atoms. The Balaban J connectivity index is 4.40. The van der Waals surface area contributed by atoms with Crippen LogP contribution in [0.2, 0.25) is 0 Å². The molecule has 0 N–H and O–H groups in total. The van der Waals surface area contributed by atoms with Gasteiger partial charge >= 0.3 is 17.9 Å². The molecule has 0 amide bonds. The summed E-state index contributed by atoms with van der Waals surface area (Å²) in [6.07, 6.45) is 53.8. The molecule has 0 rings (SSSR count). The Bertz CT molecular complexity index is 1010. The van der Waals surface area contributed by atoms with E-state index in [1.165, 1.54) is 103 Å². The summed E-state index contributed by atoms with van der Waals surface area (Å²) in [5.41, 5.74) is 0. The fourth-order valence-corrected chi connectivity index (χ4v) is 6.63. The van der Waals surface area contributed by atoms with Crippen LogP contribution in [0.5, 0.6) is 0 Å². The molecule has 6 heteroatoms. The van der Waals surface area contributed by atoms with Gasteiger partial charge in [-0.05, 0) is 89.9 Å². The van der Waals surface area contributed by atoms with E-state index < -0.39 is 6.10 Å². The summed E-state index contributed by atoms with van der Waals surface area (Å²) < 4.78 is 16.7. The number of esters is 3. The Morgan fingerprint density at radius 3 is 1.14 bits per heavy atom. The van der Waals surface area contributed by atoms with Crippen LogP contribution in [0.1, 0.15) is 239 Å². The van der Waals surface area contributed by atoms with Crippen LogP contribution in [0, 0.1) is 0 Å². The van der Waals surface area contributed by atoms with Crippen molar-refractivity contribution in [3.8, 4) is 0 Å². The molecule has 0 heterocycles. The first-order chi connectivity index (χ1) is 28.0. The second-order valence-corrected chi connectivity index (χ2v) is 16.0. The Morgan fingerprint density at radius 1 is 0.368 bits per heavy atom. The molecule has 0 aliphatic rings. The zero-order valence-electron chi connectivity index (χ0n) is 37.6. The highest BCUT2D eigenvalue weighted by Crippen LogP contribution is 2.14. The van der Waals surface area contributed by atoms with Crippen LogP contribution in [0.15, 0.2) is 48.6 Å². The van der Waals surface area contributed by atoms with Crippen molar-refractivity contribution in [1.82, 2.24) is 0 Å². The standard InChI is InChI=1S/C51H90O6/c1-4-7-10-13-16-19-22-24-26-29-32-35-38-41-44-50(53)56-47-48(46-55-49(52)43-40-37-34-31-28-21-18-15-12-9-6-3)57-51(54)45-42-39-36-33-30-27-25-23-20-17-14-11-8-5-2/h7,10,15-16,18-19,27,30,48H,4-6,8-9,11-14,17,20-26,28-29,31-47H2,1-3H3/b10-7-,18-15-,19-16-,30-27-. The first-order valence-electron chi connectivity index (χ1n) is 24.1. The van der Waals surface area contributed by atoms with Gasteiger partial charge in [0, 0.05) is 19.3 Å². The molecule has 1 atom stereocenters. The Labute approximate surface area is 352 Å². The molecular weight excluding hydrogens is 709 g/mol. The van der Waals surface area contributed by atoms with Crippen LogP contribution < -0.4 is 0 Å². The molecule has 0 bridgehead atoms. The third kappa shape index (κ3) is 44.3. The maximum absolute atomic E-state index is 12.7. The molecule has 0 aliphatic heterocycles. The lowest BCUT2D eigenvalue weighted by atomic mass is 10.1. The molecule has 0 saturated carbocycles. The SMILES string of the molecule is CC/C=C\C/C=C\CCCCCCCCCC(=O)OCC(COC(=O)CCCCCCC/C=C\CCCC)OC(=O)CCCCC/C=C\CCCCCCCCC. The van der Waals surface area contributed by atoms with Crippen molar-refractivity contribution in [2.24, 2.45) is 0 Å². The van der Waals surface area contributed by atoms with Crippen LogP contribution in [-0.4, -0.2) is 37.2 Å². The van der Waals surface area contributed by atoms with E-state index >= 15 is 0 Å². The lowest BCUT2D eigenvalue weighted by molar-refractivity contribution is -0.167. The van der Waals surface area contributed by atoms with Gasteiger partial charge in [0.25, 0.3) is 0 Å². The van der Waals surface area contributed by atoms with Crippen LogP contribution >= 0.6 is 0 Å². The molecule has 0 aromatic carbocycles. The third-order valence-electron chi connectivity index (χ3n) is 10.3. The highest BCUT2D eigenvalue weighted by atomic mass is 16.6. The monoisotopic (exact) mass is 799 g/mol. The maximum atomic E-state index is 12.7. The second kappa shape index (κ2) is 46.1. The van der Waals surface area contributed by atoms with Crippen LogP contribution in [0.4, 0.5) is 0 Å². The first-order valence-corrected chi connectivity index (χ1v) is 24.1. The van der Waals surface area contributed by atoms with Gasteiger partial charge in [0.05, 0.1) is 0 Å². The summed E-state index contributed by atoms with van der Waals surface area (Å²) in [7, 11) is 0. The number of hydrogen-bond donors (Lipinski definition) is 0. The van der Waals surface area contributed by atoms with Crippen molar-refractivity contribution >= 4 is 17.9 Å². The molecule has 1 unspecified atom stereocenters. The quantitative estimate of drug-likeness (QED) is 0.0265. The number of ether oxygens (including phenoxy) is 3. The summed E-state index contributed by atoms with van der Waals surface area (Å²) in [5, 5.41) is 0. The molecule has 0 aromatic heterocycles. The van der Waals surface area contributed by atoms with E-state index in [9.17, 15) is 14.4 Å². The highest BCUT2D eigenvalue weighted by Gasteiger charge is 2.19. The van der Waals surface area contributed by atoms with Crippen LogP contribution in [-0.2, 0) is 28.6 Å². The molecule has 6 nitrogen and oxygen atoms in total. The van der Waals surface area contributed by atoms with E-state index in [-0.39, 0.29) is 31.1 Å². The molecular formula is C51H90O6. The molecule has 0 radical (unpaired) electrons. The largest absolute Gasteiger partial charge is 0.462 e. The first kappa shape index (κ1) is 54.4. The lowest BCUT2D eigenvalue weighted by Gasteiger charge is -2.18. The number of unbranched alkanes of at least 4 members (excludes halogenated alkanes) is 24. The third-order valence-corrected chi connectivity index (χ3v) is 10.3. The fraction of sp³-hybridized carbons (Fsp3) is 0.784. The van der Waals surface area contributed by atoms with Crippen molar-refractivity contribution in [3.63, 3.8) is 0 Å². The summed E-state index contributed by atoms with van der Waals surface area (Å²) in [4.78, 5) is 37.8. The summed E-state index contributed by atoms with van der Waals surface area (Å²) >= 11 is 0. The van der Waals surface area contributed by atoms with Gasteiger partial charge < -0.3 is 14.2 Å². The average molecular weight is 799 g/mol. The molecule has 57 heavy (non-hydrogen) atoms. The topological polar surface area (TPSA) is 78.9 Å². The van der Waals surface area contributed by atoms with Gasteiger partial charge in [0.1, 0.15) is 13.2 Å². The van der Waals surface area contributed by atoms with Crippen LogP contribution in [0.25, 0.3) is 0 Å². The van der Waals surface area contributed by atoms with E-state index in [2.05, 4.69) is 69.4 Å². The number of allylic oxidation sites excluding steroid dienone is 8. The van der Waals surface area contributed by atoms with Crippen molar-refractivity contribution < 1.29 is 28.6 Å². The summed E-state index contributed by atoms with van der Waals surface area (Å²) in [6.45, 7) is 6.46. The van der Waals surface area contributed by atoms with E-state index in [4.69, 9.17) is 14.2 Å². The van der Waals surface area contributed by atoms with E-state index in [0.29, 0.717) is 19.3 Å². The Morgan fingerprint density at radius 2 is 0.702 bits per heavy atom. The maximum Gasteiger partial charge on any atom is 0.306 e. The van der Waals surface area contributed by atoms with Gasteiger partial charge in [0.2, 0.25) is 0 Å². The smallest absolute Gasteiger partial charge is 0.306 e. The van der Waals surface area contributed by atoms with Gasteiger partial charge in [-0.3, -0.25) is 14.4 Å². The van der Waals surface area contributed by atoms with E-state index in [1.54, 1.807) is 0 Å². The predicted molar refractivity (Wildman–Crippen MR) is 242 cm³/mol.